The number of rotatable bonds is 6. The Morgan fingerprint density at radius 1 is 1.36 bits per heavy atom. The second-order valence-electron chi connectivity index (χ2n) is 5.73. The number of hydrogen-bond acceptors (Lipinski definition) is 3. The van der Waals surface area contributed by atoms with Crippen LogP contribution in [0.5, 0.6) is 0 Å². The van der Waals surface area contributed by atoms with Crippen LogP contribution in [-0.4, -0.2) is 24.2 Å². The highest BCUT2D eigenvalue weighted by Crippen LogP contribution is 2.17. The molecule has 0 bridgehead atoms. The van der Waals surface area contributed by atoms with E-state index in [1.165, 1.54) is 0 Å². The Bertz CT molecular complexity index is 683. The molecular formula is C18H26ClIN4O. The van der Waals surface area contributed by atoms with Crippen molar-refractivity contribution in [2.75, 3.05) is 13.1 Å². The zero-order valence-electron chi connectivity index (χ0n) is 15.1. The molecule has 1 heterocycles. The van der Waals surface area contributed by atoms with Crippen LogP contribution in [0.4, 0.5) is 0 Å². The molecule has 0 spiro atoms. The zero-order valence-corrected chi connectivity index (χ0v) is 18.2. The average Bonchev–Trinajstić information content (AvgIpc) is 2.86. The van der Waals surface area contributed by atoms with Crippen LogP contribution in [0.15, 0.2) is 33.8 Å². The van der Waals surface area contributed by atoms with Gasteiger partial charge >= 0.3 is 0 Å². The highest BCUT2D eigenvalue weighted by Gasteiger charge is 2.10. The van der Waals surface area contributed by atoms with Crippen LogP contribution in [0.2, 0.25) is 5.02 Å². The summed E-state index contributed by atoms with van der Waals surface area (Å²) in [5, 5.41) is 11.4. The van der Waals surface area contributed by atoms with Gasteiger partial charge in [-0.2, -0.15) is 0 Å². The van der Waals surface area contributed by atoms with Gasteiger partial charge in [0.2, 0.25) is 0 Å². The van der Waals surface area contributed by atoms with Crippen LogP contribution in [0.1, 0.15) is 42.5 Å². The number of nitrogens with one attached hydrogen (secondary N) is 2. The van der Waals surface area contributed by atoms with Gasteiger partial charge in [0, 0.05) is 23.7 Å². The van der Waals surface area contributed by atoms with Crippen molar-refractivity contribution < 1.29 is 4.52 Å². The van der Waals surface area contributed by atoms with Gasteiger partial charge in [-0.3, -0.25) is 4.99 Å². The Hall–Kier alpha value is -1.28. The molecule has 1 aromatic heterocycles. The van der Waals surface area contributed by atoms with Gasteiger partial charge in [0.05, 0.1) is 11.7 Å². The standard InChI is InChI=1S/C18H25ClN4O.HI/c1-5-20-18(21-10-9-17-13(3)23-24-14(17)4)22-12(2)15-7-6-8-16(19)11-15;/h6-8,11-12H,5,9-10H2,1-4H3,(H2,20,21,22);1H. The minimum absolute atomic E-state index is 0. The number of nitrogens with zero attached hydrogens (tertiary/aromatic N) is 2. The van der Waals surface area contributed by atoms with E-state index in [4.69, 9.17) is 16.1 Å². The topological polar surface area (TPSA) is 62.5 Å². The van der Waals surface area contributed by atoms with E-state index >= 15 is 0 Å². The van der Waals surface area contributed by atoms with Gasteiger partial charge < -0.3 is 15.2 Å². The number of hydrogen-bond donors (Lipinski definition) is 2. The molecule has 7 heteroatoms. The van der Waals surface area contributed by atoms with Crippen molar-refractivity contribution in [3.8, 4) is 0 Å². The van der Waals surface area contributed by atoms with Crippen molar-refractivity contribution in [2.24, 2.45) is 4.99 Å². The van der Waals surface area contributed by atoms with E-state index < -0.39 is 0 Å². The van der Waals surface area contributed by atoms with E-state index in [-0.39, 0.29) is 30.0 Å². The molecule has 0 fully saturated rings. The summed E-state index contributed by atoms with van der Waals surface area (Å²) >= 11 is 6.07. The Labute approximate surface area is 171 Å². The first-order valence-corrected chi connectivity index (χ1v) is 8.61. The van der Waals surface area contributed by atoms with Gasteiger partial charge in [0.1, 0.15) is 5.76 Å². The third-order valence-corrected chi connectivity index (χ3v) is 4.09. The van der Waals surface area contributed by atoms with Gasteiger partial charge in [-0.05, 0) is 51.8 Å². The third kappa shape index (κ3) is 6.51. The van der Waals surface area contributed by atoms with Gasteiger partial charge in [-0.15, -0.1) is 24.0 Å². The highest BCUT2D eigenvalue weighted by atomic mass is 127. The fraction of sp³-hybridized carbons (Fsp3) is 0.444. The van der Waals surface area contributed by atoms with Crippen molar-refractivity contribution in [2.45, 2.75) is 40.2 Å². The lowest BCUT2D eigenvalue weighted by molar-refractivity contribution is 0.392. The van der Waals surface area contributed by atoms with Gasteiger partial charge in [-0.25, -0.2) is 0 Å². The third-order valence-electron chi connectivity index (χ3n) is 3.86. The lowest BCUT2D eigenvalue weighted by atomic mass is 10.1. The summed E-state index contributed by atoms with van der Waals surface area (Å²) in [5.41, 5.74) is 3.20. The summed E-state index contributed by atoms with van der Waals surface area (Å²) in [7, 11) is 0. The fourth-order valence-corrected chi connectivity index (χ4v) is 2.72. The van der Waals surface area contributed by atoms with E-state index in [1.807, 2.05) is 32.0 Å². The molecule has 0 aliphatic heterocycles. The summed E-state index contributed by atoms with van der Waals surface area (Å²) in [6.45, 7) is 9.51. The Morgan fingerprint density at radius 2 is 2.12 bits per heavy atom. The minimum Gasteiger partial charge on any atom is -0.361 e. The molecule has 1 aromatic carbocycles. The van der Waals surface area contributed by atoms with E-state index in [0.717, 1.165) is 46.5 Å². The second kappa shape index (κ2) is 10.7. The lowest BCUT2D eigenvalue weighted by Gasteiger charge is -2.18. The first-order valence-electron chi connectivity index (χ1n) is 8.23. The molecule has 0 aliphatic rings. The average molecular weight is 477 g/mol. The predicted octanol–water partition coefficient (Wildman–Crippen LogP) is 4.42. The van der Waals surface area contributed by atoms with E-state index in [2.05, 4.69) is 40.7 Å². The number of aryl methyl sites for hydroxylation is 2. The maximum atomic E-state index is 6.07. The monoisotopic (exact) mass is 476 g/mol. The molecule has 0 amide bonds. The summed E-state index contributed by atoms with van der Waals surface area (Å²) in [6, 6.07) is 7.96. The van der Waals surface area contributed by atoms with Gasteiger partial charge in [-0.1, -0.05) is 28.9 Å². The Morgan fingerprint density at radius 3 is 2.72 bits per heavy atom. The Balaban J connectivity index is 0.00000312. The van der Waals surface area contributed by atoms with Crippen LogP contribution in [-0.2, 0) is 6.42 Å². The van der Waals surface area contributed by atoms with Crippen molar-refractivity contribution in [3.05, 3.63) is 51.9 Å². The van der Waals surface area contributed by atoms with Crippen LogP contribution in [0.25, 0.3) is 0 Å². The minimum atomic E-state index is 0. The zero-order chi connectivity index (χ0) is 17.5. The molecule has 138 valence electrons. The normalized spacial score (nSPS) is 12.4. The van der Waals surface area contributed by atoms with Crippen molar-refractivity contribution in [1.82, 2.24) is 15.8 Å². The number of aromatic nitrogens is 1. The lowest BCUT2D eigenvalue weighted by Crippen LogP contribution is -2.38. The van der Waals surface area contributed by atoms with Crippen molar-refractivity contribution in [3.63, 3.8) is 0 Å². The SMILES string of the molecule is CCNC(=NCCc1c(C)noc1C)NC(C)c1cccc(Cl)c1.I. The molecule has 0 aliphatic carbocycles. The molecule has 25 heavy (non-hydrogen) atoms. The quantitative estimate of drug-likeness (QED) is 0.368. The predicted molar refractivity (Wildman–Crippen MR) is 114 cm³/mol. The maximum absolute atomic E-state index is 6.07. The molecular weight excluding hydrogens is 451 g/mol. The maximum Gasteiger partial charge on any atom is 0.191 e. The Kier molecular flexibility index (Phi) is 9.27. The summed E-state index contributed by atoms with van der Waals surface area (Å²) in [4.78, 5) is 4.65. The first-order chi connectivity index (χ1) is 11.5. The van der Waals surface area contributed by atoms with Crippen LogP contribution in [0.3, 0.4) is 0 Å². The van der Waals surface area contributed by atoms with Crippen LogP contribution < -0.4 is 10.6 Å². The molecule has 1 unspecified atom stereocenters. The molecule has 0 saturated carbocycles. The van der Waals surface area contributed by atoms with Crippen LogP contribution in [0, 0.1) is 13.8 Å². The number of guanidine groups is 1. The summed E-state index contributed by atoms with van der Waals surface area (Å²) in [5.74, 6) is 1.66. The van der Waals surface area contributed by atoms with E-state index in [1.54, 1.807) is 0 Å². The largest absolute Gasteiger partial charge is 0.361 e. The van der Waals surface area contributed by atoms with Crippen molar-refractivity contribution in [1.29, 1.82) is 0 Å². The first kappa shape index (κ1) is 21.8. The molecule has 2 rings (SSSR count). The van der Waals surface area contributed by atoms with Crippen molar-refractivity contribution >= 4 is 41.5 Å². The number of halogens is 2. The molecule has 2 N–H and O–H groups in total. The summed E-state index contributed by atoms with van der Waals surface area (Å²) < 4.78 is 5.19. The van der Waals surface area contributed by atoms with E-state index in [0.29, 0.717) is 6.54 Å². The second-order valence-corrected chi connectivity index (χ2v) is 6.17. The summed E-state index contributed by atoms with van der Waals surface area (Å²) in [6.07, 6.45) is 0.809. The van der Waals surface area contributed by atoms with Crippen LogP contribution >= 0.6 is 35.6 Å². The fourth-order valence-electron chi connectivity index (χ4n) is 2.52. The van der Waals surface area contributed by atoms with Gasteiger partial charge in [0.25, 0.3) is 0 Å². The molecule has 2 aromatic rings. The smallest absolute Gasteiger partial charge is 0.191 e. The molecule has 0 saturated heterocycles. The number of aliphatic imine (C=N–C) groups is 1. The highest BCUT2D eigenvalue weighted by molar-refractivity contribution is 14.0. The molecule has 0 radical (unpaired) electrons. The molecule has 5 nitrogen and oxygen atoms in total. The molecule has 1 atom stereocenters. The van der Waals surface area contributed by atoms with Gasteiger partial charge in [0.15, 0.2) is 5.96 Å². The number of benzene rings is 1. The van der Waals surface area contributed by atoms with E-state index in [9.17, 15) is 0 Å².